The smallest absolute Gasteiger partial charge is 0.408 e. The number of aromatic amines is 1. The fourth-order valence-electron chi connectivity index (χ4n) is 9.56. The van der Waals surface area contributed by atoms with Crippen molar-refractivity contribution in [3.63, 3.8) is 0 Å². The monoisotopic (exact) mass is 832 g/mol. The van der Waals surface area contributed by atoms with Crippen molar-refractivity contribution in [3.05, 3.63) is 53.4 Å². The number of likely N-dealkylation sites (tertiary alicyclic amines) is 1. The number of piperazine rings is 1. The van der Waals surface area contributed by atoms with Crippen LogP contribution in [0.5, 0.6) is 0 Å². The van der Waals surface area contributed by atoms with Crippen molar-refractivity contribution < 1.29 is 19.1 Å². The number of H-pyrrole nitrogens is 1. The summed E-state index contributed by atoms with van der Waals surface area (Å²) in [7, 11) is 0. The van der Waals surface area contributed by atoms with Crippen LogP contribution in [0, 0.1) is 11.8 Å². The second-order valence-corrected chi connectivity index (χ2v) is 18.8. The highest BCUT2D eigenvalue weighted by molar-refractivity contribution is 6.30. The van der Waals surface area contributed by atoms with Gasteiger partial charge in [0.25, 0.3) is 0 Å². The maximum atomic E-state index is 14.6. The van der Waals surface area contributed by atoms with E-state index in [2.05, 4.69) is 40.3 Å². The molecule has 15 heteroatoms. The van der Waals surface area contributed by atoms with Gasteiger partial charge in [-0.25, -0.2) is 14.8 Å². The summed E-state index contributed by atoms with van der Waals surface area (Å²) >= 11 is 6.32. The third-order valence-electron chi connectivity index (χ3n) is 13.1. The average molecular weight is 834 g/mol. The number of halogens is 1. The van der Waals surface area contributed by atoms with E-state index < -0.39 is 17.2 Å². The molecule has 3 saturated heterocycles. The molecule has 0 unspecified atom stereocenters. The Hall–Kier alpha value is -3.98. The number of piperidine rings is 2. The summed E-state index contributed by atoms with van der Waals surface area (Å²) in [6, 6.07) is 8.99. The highest BCUT2D eigenvalue weighted by atomic mass is 35.5. The number of nitrogens with two attached hydrogens (primary N) is 1. The lowest BCUT2D eigenvalue weighted by Crippen LogP contribution is -2.64. The lowest BCUT2D eigenvalue weighted by Gasteiger charge is -2.42. The molecule has 1 aromatic carbocycles. The van der Waals surface area contributed by atoms with E-state index in [1.807, 2.05) is 62.2 Å². The molecule has 0 spiro atoms. The average Bonchev–Trinajstić information content (AvgIpc) is 3.72. The molecule has 14 nitrogen and oxygen atoms in total. The molecule has 59 heavy (non-hydrogen) atoms. The Balaban J connectivity index is 0.941. The Kier molecular flexibility index (Phi) is 14.0. The van der Waals surface area contributed by atoms with Gasteiger partial charge in [0.05, 0.1) is 17.5 Å². The molecule has 4 aliphatic rings. The number of ether oxygens (including phenoxy) is 1. The minimum absolute atomic E-state index is 0.148. The van der Waals surface area contributed by atoms with Crippen molar-refractivity contribution in [1.29, 1.82) is 0 Å². The molecule has 1 saturated carbocycles. The summed E-state index contributed by atoms with van der Waals surface area (Å²) in [5.74, 6) is 1.68. The Morgan fingerprint density at radius 2 is 1.61 bits per heavy atom. The molecule has 322 valence electrons. The van der Waals surface area contributed by atoms with Gasteiger partial charge in [0.1, 0.15) is 28.9 Å². The molecule has 0 radical (unpaired) electrons. The Bertz CT molecular complexity index is 1850. The lowest BCUT2D eigenvalue weighted by atomic mass is 9.83. The molecule has 2 aromatic heterocycles. The number of amides is 3. The van der Waals surface area contributed by atoms with Gasteiger partial charge in [-0.2, -0.15) is 0 Å². The normalized spacial score (nSPS) is 21.2. The van der Waals surface area contributed by atoms with Gasteiger partial charge in [-0.15, -0.1) is 0 Å². The van der Waals surface area contributed by atoms with Crippen LogP contribution in [0.1, 0.15) is 96.6 Å². The topological polar surface area (TPSA) is 165 Å². The van der Waals surface area contributed by atoms with E-state index in [0.29, 0.717) is 49.2 Å². The molecule has 1 aliphatic carbocycles. The van der Waals surface area contributed by atoms with Gasteiger partial charge < -0.3 is 40.8 Å². The zero-order chi connectivity index (χ0) is 41.6. The highest BCUT2D eigenvalue weighted by Gasteiger charge is 2.45. The molecule has 5 heterocycles. The minimum atomic E-state index is -1.19. The van der Waals surface area contributed by atoms with E-state index in [0.717, 1.165) is 100 Å². The molecule has 3 amide bonds. The number of alkyl carbamates (subject to hydrolysis) is 1. The Labute approximate surface area is 354 Å². The number of benzene rings is 1. The number of aromatic nitrogens is 3. The third kappa shape index (κ3) is 11.0. The predicted octanol–water partition coefficient (Wildman–Crippen LogP) is 5.49. The van der Waals surface area contributed by atoms with Crippen LogP contribution in [-0.4, -0.2) is 130 Å². The molecule has 5 N–H and O–H groups in total. The van der Waals surface area contributed by atoms with Crippen LogP contribution in [0.3, 0.4) is 0 Å². The van der Waals surface area contributed by atoms with Crippen LogP contribution < -0.4 is 21.3 Å². The first-order valence-corrected chi connectivity index (χ1v) is 22.3. The highest BCUT2D eigenvalue weighted by Crippen LogP contribution is 2.32. The lowest BCUT2D eigenvalue weighted by molar-refractivity contribution is -0.136. The van der Waals surface area contributed by atoms with Gasteiger partial charge in [-0.1, -0.05) is 43.0 Å². The van der Waals surface area contributed by atoms with Crippen molar-refractivity contribution in [2.75, 3.05) is 70.3 Å². The van der Waals surface area contributed by atoms with Gasteiger partial charge in [0, 0.05) is 63.6 Å². The zero-order valence-corrected chi connectivity index (χ0v) is 36.0. The molecular formula is C44H65ClN10O4. The quantitative estimate of drug-likeness (QED) is 0.184. The van der Waals surface area contributed by atoms with Crippen LogP contribution in [0.15, 0.2) is 42.9 Å². The number of anilines is 1. The van der Waals surface area contributed by atoms with Gasteiger partial charge in [0.2, 0.25) is 11.8 Å². The van der Waals surface area contributed by atoms with E-state index >= 15 is 0 Å². The summed E-state index contributed by atoms with van der Waals surface area (Å²) < 4.78 is 5.69. The van der Waals surface area contributed by atoms with E-state index in [9.17, 15) is 14.4 Å². The number of hydrogen-bond acceptors (Lipinski definition) is 10. The van der Waals surface area contributed by atoms with Crippen LogP contribution in [0.2, 0.25) is 5.02 Å². The molecular weight excluding hydrogens is 768 g/mol. The van der Waals surface area contributed by atoms with Crippen LogP contribution >= 0.6 is 11.6 Å². The largest absolute Gasteiger partial charge is 0.444 e. The number of nitrogens with one attached hydrogen (secondary N) is 3. The number of rotatable bonds is 12. The summed E-state index contributed by atoms with van der Waals surface area (Å²) in [6.07, 6.45) is 12.3. The maximum absolute atomic E-state index is 14.6. The van der Waals surface area contributed by atoms with E-state index in [1.54, 1.807) is 6.33 Å². The van der Waals surface area contributed by atoms with Crippen molar-refractivity contribution in [2.45, 2.75) is 108 Å². The molecule has 3 aliphatic heterocycles. The Morgan fingerprint density at radius 1 is 0.915 bits per heavy atom. The summed E-state index contributed by atoms with van der Waals surface area (Å²) in [6.45, 7) is 13.7. The van der Waals surface area contributed by atoms with Gasteiger partial charge in [0.15, 0.2) is 0 Å². The molecule has 7 rings (SSSR count). The second-order valence-electron chi connectivity index (χ2n) is 18.3. The summed E-state index contributed by atoms with van der Waals surface area (Å²) in [4.78, 5) is 62.4. The van der Waals surface area contributed by atoms with E-state index in [1.165, 1.54) is 19.3 Å². The predicted molar refractivity (Wildman–Crippen MR) is 231 cm³/mol. The first-order chi connectivity index (χ1) is 28.4. The molecule has 3 aromatic rings. The number of fused-ring (bicyclic) bond motifs is 1. The van der Waals surface area contributed by atoms with Gasteiger partial charge >= 0.3 is 6.09 Å². The number of carbonyl (C=O) groups is 3. The fraction of sp³-hybridized carbons (Fsp3) is 0.659. The maximum Gasteiger partial charge on any atom is 0.408 e. The van der Waals surface area contributed by atoms with Crippen molar-refractivity contribution >= 4 is 46.4 Å². The van der Waals surface area contributed by atoms with Crippen molar-refractivity contribution in [2.24, 2.45) is 17.6 Å². The fourth-order valence-corrected chi connectivity index (χ4v) is 9.68. The second kappa shape index (κ2) is 19.2. The standard InChI is InChI=1S/C44H65ClN10O4/c1-43(2,3)59-42(58)51-44(17-23-54(24-18-44)39-35-13-19-47-38(35)48-30-49-39)41(57)50-36(32-9-11-34(45)12-10-32)16-22-52-20-14-31(15-21-52)29-53-25-27-55(28-26-53)40(56)37(46)33-7-5-4-6-8-33/h9-13,19,30-31,33,36-37H,4-8,14-18,20-29,46H2,1-3H3,(H,50,57)(H,51,58)(H,47,48,49)/t36-,37+/m0/s1. The number of nitrogens with zero attached hydrogens (tertiary/aromatic N) is 6. The number of hydrogen-bond donors (Lipinski definition) is 4. The van der Waals surface area contributed by atoms with Gasteiger partial charge in [-0.05, 0) is 114 Å². The molecule has 0 bridgehead atoms. The van der Waals surface area contributed by atoms with Gasteiger partial charge in [-0.3, -0.25) is 14.5 Å². The third-order valence-corrected chi connectivity index (χ3v) is 13.3. The summed E-state index contributed by atoms with van der Waals surface area (Å²) in [5.41, 5.74) is 6.29. The van der Waals surface area contributed by atoms with Crippen molar-refractivity contribution in [1.82, 2.24) is 40.3 Å². The molecule has 2 atom stereocenters. The van der Waals surface area contributed by atoms with E-state index in [-0.39, 0.29) is 23.9 Å². The Morgan fingerprint density at radius 3 is 2.29 bits per heavy atom. The summed E-state index contributed by atoms with van der Waals surface area (Å²) in [5, 5.41) is 7.96. The van der Waals surface area contributed by atoms with Crippen LogP contribution in [0.25, 0.3) is 11.0 Å². The van der Waals surface area contributed by atoms with Crippen molar-refractivity contribution in [3.8, 4) is 0 Å². The number of carbonyl (C=O) groups excluding carboxylic acids is 3. The van der Waals surface area contributed by atoms with Crippen LogP contribution in [0.4, 0.5) is 10.6 Å². The SMILES string of the molecule is CC(C)(C)OC(=O)NC1(C(=O)N[C@@H](CCN2CCC(CN3CCN(C(=O)[C@H](N)C4CCCCC4)CC3)CC2)c2ccc(Cl)cc2)CCN(c2ncnc3[nH]ccc23)CC1. The first kappa shape index (κ1) is 43.1. The minimum Gasteiger partial charge on any atom is -0.444 e. The molecule has 4 fully saturated rings. The first-order valence-electron chi connectivity index (χ1n) is 22.0. The zero-order valence-electron chi connectivity index (χ0n) is 35.3. The van der Waals surface area contributed by atoms with Crippen LogP contribution in [-0.2, 0) is 14.3 Å². The van der Waals surface area contributed by atoms with E-state index in [4.69, 9.17) is 22.1 Å².